The second-order valence-corrected chi connectivity index (χ2v) is 14.7. The van der Waals surface area contributed by atoms with Crippen molar-refractivity contribution >= 4 is 11.4 Å². The predicted molar refractivity (Wildman–Crippen MR) is 224 cm³/mol. The van der Waals surface area contributed by atoms with Crippen molar-refractivity contribution < 1.29 is 24.1 Å². The molecular weight excluding hydrogens is 661 g/mol. The van der Waals surface area contributed by atoms with Crippen molar-refractivity contribution in [2.75, 3.05) is 44.0 Å². The highest BCUT2D eigenvalue weighted by atomic mass is 17.0. The van der Waals surface area contributed by atoms with Gasteiger partial charge in [-0.15, -0.1) is 10.5 Å². The highest BCUT2D eigenvalue weighted by Crippen LogP contribution is 2.30. The van der Waals surface area contributed by atoms with Gasteiger partial charge in [0.15, 0.2) is 0 Å². The van der Waals surface area contributed by atoms with Crippen molar-refractivity contribution in [1.82, 2.24) is 0 Å². The van der Waals surface area contributed by atoms with Crippen LogP contribution in [-0.2, 0) is 24.1 Å². The van der Waals surface area contributed by atoms with Gasteiger partial charge in [-0.25, -0.2) is 19.4 Å². The summed E-state index contributed by atoms with van der Waals surface area (Å²) >= 11 is 0. The number of ether oxygens (including phenoxy) is 1. The number of anilines is 2. The fraction of sp³-hybridized carbons (Fsp3) is 0.739. The van der Waals surface area contributed by atoms with E-state index in [-0.39, 0.29) is 6.10 Å². The third-order valence-corrected chi connectivity index (χ3v) is 9.87. The molecule has 0 aromatic heterocycles. The number of benzene rings is 2. The van der Waals surface area contributed by atoms with E-state index in [1.54, 1.807) is 17.6 Å². The van der Waals surface area contributed by atoms with E-state index in [0.717, 1.165) is 48.2 Å². The van der Waals surface area contributed by atoms with Crippen LogP contribution in [0.5, 0.6) is 0 Å². The third-order valence-electron chi connectivity index (χ3n) is 9.87. The molecule has 0 saturated heterocycles. The molecule has 0 aliphatic rings. The zero-order valence-corrected chi connectivity index (χ0v) is 34.9. The predicted octanol–water partition coefficient (Wildman–Crippen LogP) is 14.2. The normalized spacial score (nSPS) is 11.5. The fourth-order valence-corrected chi connectivity index (χ4v) is 6.50. The van der Waals surface area contributed by atoms with Crippen LogP contribution in [0.15, 0.2) is 48.5 Å². The van der Waals surface area contributed by atoms with Crippen molar-refractivity contribution in [3.8, 4) is 0 Å². The van der Waals surface area contributed by atoms with Gasteiger partial charge >= 0.3 is 0 Å². The molecule has 2 aromatic carbocycles. The summed E-state index contributed by atoms with van der Waals surface area (Å²) in [5.41, 5.74) is 3.95. The van der Waals surface area contributed by atoms with Crippen LogP contribution >= 0.6 is 0 Å². The summed E-state index contributed by atoms with van der Waals surface area (Å²) in [6.07, 6.45) is 29.3. The van der Waals surface area contributed by atoms with Crippen LogP contribution in [0.25, 0.3) is 0 Å². The molecule has 2 aromatic rings. The summed E-state index contributed by atoms with van der Waals surface area (Å²) in [7, 11) is 1.77. The molecular formula is C46H80N2O5. The van der Waals surface area contributed by atoms with Crippen LogP contribution in [0.4, 0.5) is 11.4 Å². The fourth-order valence-electron chi connectivity index (χ4n) is 6.50. The van der Waals surface area contributed by atoms with Gasteiger partial charge in [0.25, 0.3) is 0 Å². The lowest BCUT2D eigenvalue weighted by atomic mass is 10.0. The smallest absolute Gasteiger partial charge is 0.107 e. The van der Waals surface area contributed by atoms with Crippen molar-refractivity contribution in [3.05, 3.63) is 59.7 Å². The topological polar surface area (TPSA) is 52.6 Å². The maximum atomic E-state index is 6.19. The molecule has 0 heterocycles. The quantitative estimate of drug-likeness (QED) is 0.0505. The lowest BCUT2D eigenvalue weighted by Gasteiger charge is -2.25. The van der Waals surface area contributed by atoms with Gasteiger partial charge in [0.1, 0.15) is 6.10 Å². The minimum Gasteiger partial charge on any atom is -0.372 e. The summed E-state index contributed by atoms with van der Waals surface area (Å²) in [5, 5.41) is 3.28. The van der Waals surface area contributed by atoms with E-state index < -0.39 is 0 Å². The molecule has 0 radical (unpaired) electrons. The van der Waals surface area contributed by atoms with Gasteiger partial charge in [0.2, 0.25) is 0 Å². The molecule has 0 bridgehead atoms. The van der Waals surface area contributed by atoms with Gasteiger partial charge in [-0.05, 0) is 61.1 Å². The molecule has 0 N–H and O–H groups in total. The van der Waals surface area contributed by atoms with Crippen molar-refractivity contribution in [2.45, 2.75) is 188 Å². The van der Waals surface area contributed by atoms with Gasteiger partial charge in [-0.1, -0.05) is 180 Å². The number of unbranched alkanes of at least 4 members (excludes halogenated alkanes) is 20. The van der Waals surface area contributed by atoms with Gasteiger partial charge in [0, 0.05) is 7.11 Å². The Labute approximate surface area is 326 Å². The molecule has 0 aliphatic heterocycles. The van der Waals surface area contributed by atoms with E-state index in [4.69, 9.17) is 24.1 Å². The zero-order valence-electron chi connectivity index (χ0n) is 34.9. The van der Waals surface area contributed by atoms with Crippen LogP contribution in [-0.4, -0.2) is 33.5 Å². The van der Waals surface area contributed by atoms with Crippen LogP contribution in [0.1, 0.15) is 199 Å². The first-order chi connectivity index (χ1) is 26.2. The number of hydrogen-bond acceptors (Lipinski definition) is 7. The van der Waals surface area contributed by atoms with Gasteiger partial charge in [-0.3, -0.25) is 0 Å². The van der Waals surface area contributed by atoms with E-state index in [1.165, 1.54) is 128 Å². The van der Waals surface area contributed by atoms with E-state index >= 15 is 0 Å². The van der Waals surface area contributed by atoms with Gasteiger partial charge in [0.05, 0.1) is 37.8 Å². The van der Waals surface area contributed by atoms with Crippen LogP contribution in [0.2, 0.25) is 0 Å². The van der Waals surface area contributed by atoms with Crippen molar-refractivity contribution in [1.29, 1.82) is 0 Å². The molecule has 0 saturated carbocycles. The standard InChI is InChI=1S/C46H80N2O5/c1-6-10-14-18-22-26-38-50-47(51-39-27-23-19-15-11-7-2)44-34-30-42(31-35-44)46(49-5)43-32-36-45(37-33-43)48(52-40-28-24-20-16-12-8-3)53-41-29-25-21-17-13-9-4/h30-37,46H,6-29,38-41H2,1-5H3. The molecule has 0 aliphatic carbocycles. The highest BCUT2D eigenvalue weighted by Gasteiger charge is 2.17. The number of methoxy groups -OCH3 is 1. The zero-order chi connectivity index (χ0) is 38.0. The van der Waals surface area contributed by atoms with Gasteiger partial charge in [-0.2, -0.15) is 0 Å². The minimum atomic E-state index is -0.207. The molecule has 0 atom stereocenters. The van der Waals surface area contributed by atoms with E-state index in [2.05, 4.69) is 76.2 Å². The molecule has 0 spiro atoms. The molecule has 7 nitrogen and oxygen atoms in total. The van der Waals surface area contributed by atoms with Gasteiger partial charge < -0.3 is 4.74 Å². The molecule has 53 heavy (non-hydrogen) atoms. The van der Waals surface area contributed by atoms with Crippen LogP contribution < -0.4 is 10.5 Å². The molecule has 0 unspecified atom stereocenters. The Hall–Kier alpha value is -2.16. The number of rotatable bonds is 37. The number of hydrogen-bond donors (Lipinski definition) is 0. The summed E-state index contributed by atoms with van der Waals surface area (Å²) < 4.78 is 6.05. The Morgan fingerprint density at radius 3 is 0.849 bits per heavy atom. The lowest BCUT2D eigenvalue weighted by molar-refractivity contribution is -0.0916. The Kier molecular flexibility index (Phi) is 29.4. The lowest BCUT2D eigenvalue weighted by Crippen LogP contribution is -2.25. The Morgan fingerprint density at radius 2 is 0.604 bits per heavy atom. The molecule has 304 valence electrons. The van der Waals surface area contributed by atoms with E-state index in [9.17, 15) is 0 Å². The first kappa shape index (κ1) is 47.0. The highest BCUT2D eigenvalue weighted by molar-refractivity contribution is 5.48. The maximum absolute atomic E-state index is 6.19. The third kappa shape index (κ3) is 22.1. The average molecular weight is 741 g/mol. The second-order valence-electron chi connectivity index (χ2n) is 14.7. The van der Waals surface area contributed by atoms with Crippen molar-refractivity contribution in [2.24, 2.45) is 0 Å². The summed E-state index contributed by atoms with van der Waals surface area (Å²) in [5.74, 6) is 0. The second kappa shape index (κ2) is 33.2. The Bertz CT molecular complexity index is 947. The Balaban J connectivity index is 2.04. The SMILES string of the molecule is CCCCCCCCON(OCCCCCCCC)c1ccc(C(OC)c2ccc(N(OCCCCCCCC)OCCCCCCCC)cc2)cc1. The van der Waals surface area contributed by atoms with Crippen molar-refractivity contribution in [3.63, 3.8) is 0 Å². The Morgan fingerprint density at radius 1 is 0.358 bits per heavy atom. The number of nitrogens with zero attached hydrogens (tertiary/aromatic N) is 2. The molecule has 0 fully saturated rings. The molecule has 7 heteroatoms. The monoisotopic (exact) mass is 741 g/mol. The maximum Gasteiger partial charge on any atom is 0.107 e. The first-order valence-electron chi connectivity index (χ1n) is 22.0. The van der Waals surface area contributed by atoms with Crippen LogP contribution in [0.3, 0.4) is 0 Å². The summed E-state index contributed by atoms with van der Waals surface area (Å²) in [6, 6.07) is 16.8. The van der Waals surface area contributed by atoms with Crippen LogP contribution in [0, 0.1) is 0 Å². The molecule has 2 rings (SSSR count). The summed E-state index contributed by atoms with van der Waals surface area (Å²) in [6.45, 7) is 11.6. The minimum absolute atomic E-state index is 0.207. The molecule has 0 amide bonds. The summed E-state index contributed by atoms with van der Waals surface area (Å²) in [4.78, 5) is 24.8. The van der Waals surface area contributed by atoms with E-state index in [0.29, 0.717) is 26.4 Å². The largest absolute Gasteiger partial charge is 0.372 e. The first-order valence-corrected chi connectivity index (χ1v) is 22.0. The average Bonchev–Trinajstić information content (AvgIpc) is 3.18. The van der Waals surface area contributed by atoms with E-state index in [1.807, 2.05) is 0 Å².